The fraction of sp³-hybridized carbons (Fsp3) is 0. The molecule has 318 valence electrons. The third-order valence-electron chi connectivity index (χ3n) is 13.2. The van der Waals surface area contributed by atoms with Gasteiger partial charge in [0.1, 0.15) is 0 Å². The first-order chi connectivity index (χ1) is 33.7. The maximum absolute atomic E-state index is 5.49. The molecule has 68 heavy (non-hydrogen) atoms. The van der Waals surface area contributed by atoms with Crippen molar-refractivity contribution >= 4 is 43.6 Å². The first-order valence-corrected chi connectivity index (χ1v) is 23.0. The molecule has 0 aliphatic rings. The van der Waals surface area contributed by atoms with Gasteiger partial charge in [-0.15, -0.1) is 0 Å². The van der Waals surface area contributed by atoms with Crippen molar-refractivity contribution in [3.05, 3.63) is 249 Å². The zero-order valence-electron chi connectivity index (χ0n) is 36.9. The van der Waals surface area contributed by atoms with Crippen LogP contribution in [0.1, 0.15) is 0 Å². The smallest absolute Gasteiger partial charge is 0.238 e. The van der Waals surface area contributed by atoms with Gasteiger partial charge in [-0.1, -0.05) is 218 Å². The molecule has 13 rings (SSSR count). The molecule has 3 heterocycles. The molecule has 0 amide bonds. The van der Waals surface area contributed by atoms with Crippen LogP contribution in [0.3, 0.4) is 0 Å². The molecule has 0 radical (unpaired) electrons. The van der Waals surface area contributed by atoms with Crippen molar-refractivity contribution in [3.8, 4) is 78.9 Å². The molecule has 0 saturated carbocycles. The van der Waals surface area contributed by atoms with Crippen LogP contribution in [0, 0.1) is 0 Å². The highest BCUT2D eigenvalue weighted by Gasteiger charge is 2.24. The van der Waals surface area contributed by atoms with Gasteiger partial charge in [-0.3, -0.25) is 4.57 Å². The Bertz CT molecular complexity index is 3990. The number of hydrogen-bond donors (Lipinski definition) is 0. The summed E-state index contributed by atoms with van der Waals surface area (Å²) in [6.45, 7) is 0. The summed E-state index contributed by atoms with van der Waals surface area (Å²) in [5.41, 5.74) is 16.2. The number of aromatic nitrogens is 5. The van der Waals surface area contributed by atoms with Gasteiger partial charge in [-0.2, -0.15) is 9.97 Å². The van der Waals surface area contributed by atoms with E-state index >= 15 is 0 Å². The summed E-state index contributed by atoms with van der Waals surface area (Å²) in [4.78, 5) is 16.1. The second-order valence-electron chi connectivity index (χ2n) is 17.2. The Morgan fingerprint density at radius 2 is 0.662 bits per heavy atom. The van der Waals surface area contributed by atoms with Gasteiger partial charge in [0.15, 0.2) is 11.6 Å². The Morgan fingerprint density at radius 3 is 1.25 bits per heavy atom. The molecule has 0 unspecified atom stereocenters. The Hall–Kier alpha value is -9.19. The number of hydrogen-bond acceptors (Lipinski definition) is 3. The van der Waals surface area contributed by atoms with Gasteiger partial charge >= 0.3 is 0 Å². The molecule has 5 heteroatoms. The van der Waals surface area contributed by atoms with Crippen LogP contribution in [-0.2, 0) is 0 Å². The summed E-state index contributed by atoms with van der Waals surface area (Å²) in [6, 6.07) is 88.3. The lowest BCUT2D eigenvalue weighted by Crippen LogP contribution is -2.07. The zero-order valence-corrected chi connectivity index (χ0v) is 36.9. The highest BCUT2D eigenvalue weighted by molar-refractivity contribution is 6.23. The highest BCUT2D eigenvalue weighted by Crippen LogP contribution is 2.43. The van der Waals surface area contributed by atoms with E-state index in [1.165, 1.54) is 11.1 Å². The van der Waals surface area contributed by atoms with Gasteiger partial charge in [-0.05, 0) is 74.8 Å². The Morgan fingerprint density at radius 1 is 0.250 bits per heavy atom. The van der Waals surface area contributed by atoms with Gasteiger partial charge in [0, 0.05) is 38.4 Å². The second-order valence-corrected chi connectivity index (χ2v) is 17.2. The summed E-state index contributed by atoms with van der Waals surface area (Å²) >= 11 is 0. The molecule has 0 bridgehead atoms. The van der Waals surface area contributed by atoms with E-state index in [9.17, 15) is 0 Å². The van der Waals surface area contributed by atoms with Crippen molar-refractivity contribution in [2.45, 2.75) is 0 Å². The molecule has 13 aromatic rings. The molecule has 10 aromatic carbocycles. The fourth-order valence-corrected chi connectivity index (χ4v) is 10.0. The van der Waals surface area contributed by atoms with Crippen LogP contribution in [0.25, 0.3) is 123 Å². The fourth-order valence-electron chi connectivity index (χ4n) is 10.0. The standard InChI is InChI=1S/C63H41N5/c1-5-19-42(20-6-1)44-33-35-45(36-34-44)49-39-48(43-21-7-2-8-22-43)40-50(41-49)67-57-31-17-15-28-52(57)54-37-38-55-53-29-16-18-32-58(53)68(60(55)59(54)67)63-65-61(47-25-11-4-12-26-47)64-62(66-63)56-30-14-13-27-51(56)46-23-9-3-10-24-46/h1-41H. The lowest BCUT2D eigenvalue weighted by molar-refractivity contribution is 0.953. The maximum atomic E-state index is 5.49. The van der Waals surface area contributed by atoms with Crippen molar-refractivity contribution in [2.75, 3.05) is 0 Å². The maximum Gasteiger partial charge on any atom is 0.238 e. The van der Waals surface area contributed by atoms with Crippen LogP contribution in [-0.4, -0.2) is 24.1 Å². The molecular formula is C63H41N5. The van der Waals surface area contributed by atoms with Crippen LogP contribution in [0.15, 0.2) is 249 Å². The zero-order chi connectivity index (χ0) is 45.0. The van der Waals surface area contributed by atoms with Gasteiger partial charge in [0.2, 0.25) is 5.95 Å². The summed E-state index contributed by atoms with van der Waals surface area (Å²) in [5.74, 6) is 1.75. The van der Waals surface area contributed by atoms with Crippen molar-refractivity contribution in [2.24, 2.45) is 0 Å². The molecule has 0 fully saturated rings. The van der Waals surface area contributed by atoms with Crippen molar-refractivity contribution in [1.29, 1.82) is 0 Å². The quantitative estimate of drug-likeness (QED) is 0.153. The number of para-hydroxylation sites is 2. The lowest BCUT2D eigenvalue weighted by Gasteiger charge is -2.16. The largest absolute Gasteiger partial charge is 0.307 e. The minimum Gasteiger partial charge on any atom is -0.307 e. The van der Waals surface area contributed by atoms with Crippen LogP contribution < -0.4 is 0 Å². The van der Waals surface area contributed by atoms with Gasteiger partial charge in [0.25, 0.3) is 0 Å². The Kier molecular flexibility index (Phi) is 9.43. The molecule has 0 aliphatic heterocycles. The van der Waals surface area contributed by atoms with E-state index in [0.717, 1.165) is 93.8 Å². The molecule has 0 aliphatic carbocycles. The summed E-state index contributed by atoms with van der Waals surface area (Å²) < 4.78 is 4.73. The molecule has 0 atom stereocenters. The molecule has 0 spiro atoms. The van der Waals surface area contributed by atoms with Gasteiger partial charge < -0.3 is 4.57 Å². The van der Waals surface area contributed by atoms with Gasteiger partial charge in [-0.25, -0.2) is 4.98 Å². The Labute approximate surface area is 393 Å². The number of nitrogens with zero attached hydrogens (tertiary/aromatic N) is 5. The van der Waals surface area contributed by atoms with E-state index in [1.807, 2.05) is 24.3 Å². The average Bonchev–Trinajstić information content (AvgIpc) is 3.95. The van der Waals surface area contributed by atoms with Gasteiger partial charge in [0.05, 0.1) is 22.1 Å². The molecular weight excluding hydrogens is 827 g/mol. The van der Waals surface area contributed by atoms with Crippen molar-refractivity contribution < 1.29 is 0 Å². The SMILES string of the molecule is c1ccc(-c2ccc(-c3cc(-c4ccccc4)cc(-n4c5ccccc5c5ccc6c7ccccc7n(-c7nc(-c8ccccc8)nc(-c8ccccc8-c8ccccc8)n7)c6c54)c3)cc2)cc1. The first kappa shape index (κ1) is 39.2. The van der Waals surface area contributed by atoms with E-state index < -0.39 is 0 Å². The number of rotatable bonds is 8. The average molecular weight is 868 g/mol. The minimum absolute atomic E-state index is 0.546. The highest BCUT2D eigenvalue weighted by atomic mass is 15.2. The number of benzene rings is 10. The third kappa shape index (κ3) is 6.68. The molecule has 0 saturated heterocycles. The Balaban J connectivity index is 1.12. The molecule has 5 nitrogen and oxygen atoms in total. The monoisotopic (exact) mass is 867 g/mol. The lowest BCUT2D eigenvalue weighted by atomic mass is 9.96. The van der Waals surface area contributed by atoms with Crippen molar-refractivity contribution in [1.82, 2.24) is 24.1 Å². The normalized spacial score (nSPS) is 11.5. The predicted molar refractivity (Wildman–Crippen MR) is 281 cm³/mol. The second kappa shape index (κ2) is 16.4. The molecule has 0 N–H and O–H groups in total. The van der Waals surface area contributed by atoms with E-state index in [2.05, 4.69) is 234 Å². The predicted octanol–water partition coefficient (Wildman–Crippen LogP) is 16.1. The van der Waals surface area contributed by atoms with E-state index in [4.69, 9.17) is 15.0 Å². The van der Waals surface area contributed by atoms with Crippen LogP contribution >= 0.6 is 0 Å². The van der Waals surface area contributed by atoms with Crippen molar-refractivity contribution in [3.63, 3.8) is 0 Å². The van der Waals surface area contributed by atoms with E-state index in [0.29, 0.717) is 17.6 Å². The topological polar surface area (TPSA) is 48.5 Å². The summed E-state index contributed by atoms with van der Waals surface area (Å²) in [5, 5.41) is 4.54. The van der Waals surface area contributed by atoms with E-state index in [-0.39, 0.29) is 0 Å². The first-order valence-electron chi connectivity index (χ1n) is 23.0. The minimum atomic E-state index is 0.546. The number of fused-ring (bicyclic) bond motifs is 7. The third-order valence-corrected chi connectivity index (χ3v) is 13.2. The van der Waals surface area contributed by atoms with Crippen LogP contribution in [0.5, 0.6) is 0 Å². The van der Waals surface area contributed by atoms with Crippen LogP contribution in [0.4, 0.5) is 0 Å². The summed E-state index contributed by atoms with van der Waals surface area (Å²) in [7, 11) is 0. The van der Waals surface area contributed by atoms with Crippen LogP contribution in [0.2, 0.25) is 0 Å². The molecule has 3 aromatic heterocycles. The summed E-state index contributed by atoms with van der Waals surface area (Å²) in [6.07, 6.45) is 0. The van der Waals surface area contributed by atoms with E-state index in [1.54, 1.807) is 0 Å².